The zero-order valence-electron chi connectivity index (χ0n) is 11.3. The molecule has 1 N–H and O–H groups in total. The largest absolute Gasteiger partial charge is 0.478 e. The summed E-state index contributed by atoms with van der Waals surface area (Å²) in [5, 5.41) is 8.88. The molecule has 0 saturated heterocycles. The Morgan fingerprint density at radius 3 is 2.45 bits per heavy atom. The summed E-state index contributed by atoms with van der Waals surface area (Å²) in [5.41, 5.74) is 1.44. The van der Waals surface area contributed by atoms with Crippen LogP contribution in [0.2, 0.25) is 0 Å². The van der Waals surface area contributed by atoms with Gasteiger partial charge in [0.2, 0.25) is 0 Å². The average Bonchev–Trinajstić information content (AvgIpc) is 2.85. The van der Waals surface area contributed by atoms with Gasteiger partial charge in [-0.05, 0) is 59.7 Å². The number of carboxylic acid groups (broad SMARTS) is 1. The lowest BCUT2D eigenvalue weighted by Gasteiger charge is -2.23. The van der Waals surface area contributed by atoms with E-state index in [1.165, 1.54) is 4.88 Å². The fourth-order valence-electron chi connectivity index (χ4n) is 1.95. The fourth-order valence-corrected chi connectivity index (χ4v) is 3.49. The Hall–Kier alpha value is -1.17. The molecule has 0 radical (unpaired) electrons. The topological polar surface area (TPSA) is 40.5 Å². The SMILES string of the molecule is CC(c1ccc(Br)s1)N(C)Cc1ccc(C(=O)O)cc1. The van der Waals surface area contributed by atoms with E-state index < -0.39 is 5.97 Å². The molecule has 0 saturated carbocycles. The van der Waals surface area contributed by atoms with Crippen LogP contribution in [0.3, 0.4) is 0 Å². The van der Waals surface area contributed by atoms with Gasteiger partial charge in [0.15, 0.2) is 0 Å². The molecule has 1 unspecified atom stereocenters. The molecule has 0 aliphatic heterocycles. The Kier molecular flexibility index (Phi) is 4.96. The third kappa shape index (κ3) is 3.69. The molecule has 0 aliphatic rings. The van der Waals surface area contributed by atoms with Gasteiger partial charge in [0.25, 0.3) is 0 Å². The summed E-state index contributed by atoms with van der Waals surface area (Å²) < 4.78 is 1.14. The lowest BCUT2D eigenvalue weighted by atomic mass is 10.1. The number of thiophene rings is 1. The number of carboxylic acids is 1. The van der Waals surface area contributed by atoms with Gasteiger partial charge in [-0.15, -0.1) is 11.3 Å². The molecule has 0 bridgehead atoms. The maximum Gasteiger partial charge on any atom is 0.335 e. The molecular weight excluding hydrogens is 338 g/mol. The van der Waals surface area contributed by atoms with Crippen molar-refractivity contribution in [1.82, 2.24) is 4.90 Å². The molecule has 1 aromatic carbocycles. The average molecular weight is 354 g/mol. The molecule has 5 heteroatoms. The molecule has 0 amide bonds. The summed E-state index contributed by atoms with van der Waals surface area (Å²) >= 11 is 5.22. The van der Waals surface area contributed by atoms with Crippen molar-refractivity contribution in [3.05, 3.63) is 56.2 Å². The van der Waals surface area contributed by atoms with Gasteiger partial charge in [-0.2, -0.15) is 0 Å². The van der Waals surface area contributed by atoms with Crippen molar-refractivity contribution >= 4 is 33.2 Å². The second-order valence-corrected chi connectivity index (χ2v) is 7.23. The summed E-state index contributed by atoms with van der Waals surface area (Å²) in [4.78, 5) is 14.4. The van der Waals surface area contributed by atoms with Crippen LogP contribution in [0.5, 0.6) is 0 Å². The number of rotatable bonds is 5. The number of benzene rings is 1. The highest BCUT2D eigenvalue weighted by atomic mass is 79.9. The van der Waals surface area contributed by atoms with Crippen molar-refractivity contribution in [2.45, 2.75) is 19.5 Å². The Morgan fingerprint density at radius 1 is 1.30 bits per heavy atom. The predicted molar refractivity (Wildman–Crippen MR) is 85.3 cm³/mol. The van der Waals surface area contributed by atoms with Crippen LogP contribution in [0.1, 0.15) is 33.8 Å². The van der Waals surface area contributed by atoms with E-state index in [-0.39, 0.29) is 0 Å². The molecular formula is C15H16BrNO2S. The van der Waals surface area contributed by atoms with E-state index in [1.54, 1.807) is 23.5 Å². The Labute approximate surface area is 131 Å². The van der Waals surface area contributed by atoms with E-state index in [9.17, 15) is 4.79 Å². The summed E-state index contributed by atoms with van der Waals surface area (Å²) in [6, 6.07) is 11.6. The normalized spacial score (nSPS) is 12.6. The predicted octanol–water partition coefficient (Wildman–Crippen LogP) is 4.40. The van der Waals surface area contributed by atoms with Crippen LogP contribution < -0.4 is 0 Å². The number of halogens is 1. The maximum absolute atomic E-state index is 10.8. The monoisotopic (exact) mass is 353 g/mol. The third-order valence-electron chi connectivity index (χ3n) is 3.30. The van der Waals surface area contributed by atoms with Crippen molar-refractivity contribution in [3.63, 3.8) is 0 Å². The zero-order chi connectivity index (χ0) is 14.7. The first kappa shape index (κ1) is 15.2. The number of hydrogen-bond donors (Lipinski definition) is 1. The van der Waals surface area contributed by atoms with Gasteiger partial charge >= 0.3 is 5.97 Å². The maximum atomic E-state index is 10.8. The third-order valence-corrected chi connectivity index (χ3v) is 5.09. The fraction of sp³-hybridized carbons (Fsp3) is 0.267. The molecule has 1 atom stereocenters. The Balaban J connectivity index is 2.03. The summed E-state index contributed by atoms with van der Waals surface area (Å²) in [5.74, 6) is -0.887. The minimum absolute atomic E-state index is 0.324. The van der Waals surface area contributed by atoms with Crippen LogP contribution in [-0.4, -0.2) is 23.0 Å². The molecule has 3 nitrogen and oxygen atoms in total. The molecule has 2 rings (SSSR count). The van der Waals surface area contributed by atoms with Crippen LogP contribution in [0.25, 0.3) is 0 Å². The smallest absolute Gasteiger partial charge is 0.335 e. The van der Waals surface area contributed by atoms with Crippen molar-refractivity contribution in [2.24, 2.45) is 0 Å². The molecule has 0 aliphatic carbocycles. The molecule has 0 fully saturated rings. The zero-order valence-corrected chi connectivity index (χ0v) is 13.7. The Morgan fingerprint density at radius 2 is 1.95 bits per heavy atom. The van der Waals surface area contributed by atoms with Crippen molar-refractivity contribution < 1.29 is 9.90 Å². The van der Waals surface area contributed by atoms with Gasteiger partial charge in [-0.25, -0.2) is 4.79 Å². The van der Waals surface area contributed by atoms with Crippen LogP contribution in [-0.2, 0) is 6.54 Å². The van der Waals surface area contributed by atoms with Gasteiger partial charge < -0.3 is 5.11 Å². The van der Waals surface area contributed by atoms with E-state index >= 15 is 0 Å². The van der Waals surface area contributed by atoms with Gasteiger partial charge in [0.05, 0.1) is 9.35 Å². The number of hydrogen-bond acceptors (Lipinski definition) is 3. The van der Waals surface area contributed by atoms with Crippen molar-refractivity contribution in [2.75, 3.05) is 7.05 Å². The number of carbonyl (C=O) groups is 1. The highest BCUT2D eigenvalue weighted by molar-refractivity contribution is 9.11. The summed E-state index contributed by atoms with van der Waals surface area (Å²) in [6.07, 6.45) is 0. The van der Waals surface area contributed by atoms with Crippen LogP contribution >= 0.6 is 27.3 Å². The molecule has 0 spiro atoms. The molecule has 1 heterocycles. The van der Waals surface area contributed by atoms with E-state index in [4.69, 9.17) is 5.11 Å². The number of aromatic carboxylic acids is 1. The lowest BCUT2D eigenvalue weighted by Crippen LogP contribution is -2.21. The van der Waals surface area contributed by atoms with E-state index in [0.717, 1.165) is 15.9 Å². The minimum Gasteiger partial charge on any atom is -0.478 e. The van der Waals surface area contributed by atoms with Crippen molar-refractivity contribution in [3.8, 4) is 0 Å². The first-order valence-corrected chi connectivity index (χ1v) is 7.86. The molecule has 1 aromatic heterocycles. The highest BCUT2D eigenvalue weighted by Gasteiger charge is 2.14. The molecule has 2 aromatic rings. The lowest BCUT2D eigenvalue weighted by molar-refractivity contribution is 0.0697. The highest BCUT2D eigenvalue weighted by Crippen LogP contribution is 2.30. The van der Waals surface area contributed by atoms with Crippen molar-refractivity contribution in [1.29, 1.82) is 0 Å². The standard InChI is InChI=1S/C15H16BrNO2S/c1-10(13-7-8-14(16)20-13)17(2)9-11-3-5-12(6-4-11)15(18)19/h3-8,10H,9H2,1-2H3,(H,18,19). The van der Waals surface area contributed by atoms with E-state index in [1.807, 2.05) is 12.1 Å². The first-order chi connectivity index (χ1) is 9.47. The summed E-state index contributed by atoms with van der Waals surface area (Å²) in [6.45, 7) is 2.96. The van der Waals surface area contributed by atoms with Gasteiger partial charge in [-0.3, -0.25) is 4.90 Å². The van der Waals surface area contributed by atoms with Crippen LogP contribution in [0.4, 0.5) is 0 Å². The quantitative estimate of drug-likeness (QED) is 0.865. The summed E-state index contributed by atoms with van der Waals surface area (Å²) in [7, 11) is 2.07. The van der Waals surface area contributed by atoms with Crippen LogP contribution in [0.15, 0.2) is 40.2 Å². The van der Waals surface area contributed by atoms with Gasteiger partial charge in [0, 0.05) is 17.5 Å². The number of nitrogens with zero attached hydrogens (tertiary/aromatic N) is 1. The van der Waals surface area contributed by atoms with Gasteiger partial charge in [-0.1, -0.05) is 12.1 Å². The minimum atomic E-state index is -0.887. The Bertz CT molecular complexity index is 594. The first-order valence-electron chi connectivity index (χ1n) is 6.25. The second-order valence-electron chi connectivity index (χ2n) is 4.74. The van der Waals surface area contributed by atoms with Crippen LogP contribution in [0, 0.1) is 0 Å². The molecule has 106 valence electrons. The molecule has 20 heavy (non-hydrogen) atoms. The van der Waals surface area contributed by atoms with E-state index in [2.05, 4.69) is 46.9 Å². The van der Waals surface area contributed by atoms with Gasteiger partial charge in [0.1, 0.15) is 0 Å². The second kappa shape index (κ2) is 6.52. The van der Waals surface area contributed by atoms with E-state index in [0.29, 0.717) is 11.6 Å².